The number of piperidine rings is 1. The zero-order valence-corrected chi connectivity index (χ0v) is 12.0. The van der Waals surface area contributed by atoms with Gasteiger partial charge in [-0.3, -0.25) is 0 Å². The third-order valence-electron chi connectivity index (χ3n) is 3.94. The standard InChI is InChI=1S/C15H19N3O3/c1-11(19)21-18-14-5-3-2-4-12(14)10-17(15(18)20)13-6-8-16-9-7-13/h2-5,13,16H,6-10H2,1H3. The van der Waals surface area contributed by atoms with Gasteiger partial charge in [0.1, 0.15) is 0 Å². The van der Waals surface area contributed by atoms with Gasteiger partial charge >= 0.3 is 12.0 Å². The predicted octanol–water partition coefficient (Wildman–Crippen LogP) is 1.66. The molecule has 0 aromatic heterocycles. The lowest BCUT2D eigenvalue weighted by Gasteiger charge is -2.40. The van der Waals surface area contributed by atoms with Crippen LogP contribution in [0.4, 0.5) is 10.5 Å². The summed E-state index contributed by atoms with van der Waals surface area (Å²) in [5.74, 6) is -0.495. The van der Waals surface area contributed by atoms with Crippen LogP contribution in [0.3, 0.4) is 0 Å². The van der Waals surface area contributed by atoms with E-state index in [2.05, 4.69) is 5.32 Å². The van der Waals surface area contributed by atoms with Gasteiger partial charge in [-0.2, -0.15) is 0 Å². The van der Waals surface area contributed by atoms with Crippen LogP contribution in [0.25, 0.3) is 0 Å². The van der Waals surface area contributed by atoms with Crippen LogP contribution in [0.2, 0.25) is 0 Å². The first-order valence-corrected chi connectivity index (χ1v) is 7.24. The van der Waals surface area contributed by atoms with Crippen LogP contribution in [0.1, 0.15) is 25.3 Å². The molecule has 3 rings (SSSR count). The number of anilines is 1. The average Bonchev–Trinajstić information content (AvgIpc) is 2.50. The van der Waals surface area contributed by atoms with E-state index in [1.54, 1.807) is 6.07 Å². The lowest BCUT2D eigenvalue weighted by atomic mass is 10.0. The van der Waals surface area contributed by atoms with Gasteiger partial charge in [0.25, 0.3) is 0 Å². The van der Waals surface area contributed by atoms with Gasteiger partial charge in [-0.05, 0) is 37.6 Å². The van der Waals surface area contributed by atoms with Crippen LogP contribution >= 0.6 is 0 Å². The van der Waals surface area contributed by atoms with E-state index in [1.807, 2.05) is 23.1 Å². The molecule has 2 heterocycles. The molecule has 1 saturated heterocycles. The van der Waals surface area contributed by atoms with Gasteiger partial charge in [-0.15, -0.1) is 5.06 Å². The number of rotatable bonds is 2. The molecule has 1 aromatic carbocycles. The van der Waals surface area contributed by atoms with Crippen LogP contribution in [-0.4, -0.2) is 36.0 Å². The molecule has 0 bridgehead atoms. The molecule has 0 spiro atoms. The number of amides is 2. The minimum Gasteiger partial charge on any atom is -0.332 e. The van der Waals surface area contributed by atoms with Crippen molar-refractivity contribution in [2.45, 2.75) is 32.4 Å². The first kappa shape index (κ1) is 13.9. The summed E-state index contributed by atoms with van der Waals surface area (Å²) in [5, 5.41) is 4.42. The van der Waals surface area contributed by atoms with Crippen LogP contribution in [0.5, 0.6) is 0 Å². The van der Waals surface area contributed by atoms with Crippen molar-refractivity contribution >= 4 is 17.7 Å². The summed E-state index contributed by atoms with van der Waals surface area (Å²) in [7, 11) is 0. The second kappa shape index (κ2) is 5.73. The molecule has 112 valence electrons. The first-order chi connectivity index (χ1) is 10.2. The second-order valence-electron chi connectivity index (χ2n) is 5.40. The second-order valence-corrected chi connectivity index (χ2v) is 5.40. The number of carbonyl (C=O) groups is 2. The third-order valence-corrected chi connectivity index (χ3v) is 3.94. The topological polar surface area (TPSA) is 61.9 Å². The van der Waals surface area contributed by atoms with Gasteiger partial charge < -0.3 is 15.1 Å². The van der Waals surface area contributed by atoms with Crippen molar-refractivity contribution in [3.8, 4) is 0 Å². The van der Waals surface area contributed by atoms with E-state index in [0.29, 0.717) is 12.2 Å². The number of fused-ring (bicyclic) bond motifs is 1. The number of para-hydroxylation sites is 1. The number of hydrogen-bond acceptors (Lipinski definition) is 4. The summed E-state index contributed by atoms with van der Waals surface area (Å²) in [5.41, 5.74) is 1.65. The third kappa shape index (κ3) is 2.71. The van der Waals surface area contributed by atoms with Crippen LogP contribution in [0.15, 0.2) is 24.3 Å². The Labute approximate surface area is 123 Å². The Balaban J connectivity index is 1.91. The molecule has 0 aliphatic carbocycles. The molecule has 6 nitrogen and oxygen atoms in total. The molecular formula is C15H19N3O3. The number of hydrogen-bond donors (Lipinski definition) is 1. The Hall–Kier alpha value is -2.08. The van der Waals surface area contributed by atoms with E-state index in [4.69, 9.17) is 4.84 Å². The van der Waals surface area contributed by atoms with Gasteiger partial charge in [0.15, 0.2) is 0 Å². The molecule has 0 saturated carbocycles. The van der Waals surface area contributed by atoms with E-state index >= 15 is 0 Å². The van der Waals surface area contributed by atoms with Crippen molar-refractivity contribution in [3.63, 3.8) is 0 Å². The highest BCUT2D eigenvalue weighted by molar-refractivity contribution is 5.94. The van der Waals surface area contributed by atoms with Gasteiger partial charge in [-0.1, -0.05) is 18.2 Å². The fourth-order valence-corrected chi connectivity index (χ4v) is 2.93. The van der Waals surface area contributed by atoms with Crippen molar-refractivity contribution < 1.29 is 14.4 Å². The maximum atomic E-state index is 12.7. The highest BCUT2D eigenvalue weighted by Gasteiger charge is 2.36. The fraction of sp³-hybridized carbons (Fsp3) is 0.467. The smallest absolute Gasteiger partial charge is 0.332 e. The molecule has 2 aliphatic rings. The maximum Gasteiger partial charge on any atom is 0.358 e. The van der Waals surface area contributed by atoms with Gasteiger partial charge in [0, 0.05) is 13.0 Å². The van der Waals surface area contributed by atoms with Crippen molar-refractivity contribution in [2.24, 2.45) is 0 Å². The minimum atomic E-state index is -0.495. The Morgan fingerprint density at radius 1 is 1.29 bits per heavy atom. The minimum absolute atomic E-state index is 0.185. The molecule has 21 heavy (non-hydrogen) atoms. The Kier molecular flexibility index (Phi) is 3.79. The largest absolute Gasteiger partial charge is 0.358 e. The molecule has 6 heteroatoms. The van der Waals surface area contributed by atoms with Crippen LogP contribution < -0.4 is 10.4 Å². The van der Waals surface area contributed by atoms with Gasteiger partial charge in [0.2, 0.25) is 0 Å². The highest BCUT2D eigenvalue weighted by Crippen LogP contribution is 2.31. The van der Waals surface area contributed by atoms with Crippen molar-refractivity contribution in [2.75, 3.05) is 18.2 Å². The van der Waals surface area contributed by atoms with E-state index in [-0.39, 0.29) is 12.1 Å². The van der Waals surface area contributed by atoms with Crippen molar-refractivity contribution in [1.29, 1.82) is 0 Å². The van der Waals surface area contributed by atoms with Gasteiger partial charge in [-0.25, -0.2) is 9.59 Å². The lowest BCUT2D eigenvalue weighted by molar-refractivity contribution is -0.141. The van der Waals surface area contributed by atoms with E-state index in [9.17, 15) is 9.59 Å². The molecule has 0 radical (unpaired) electrons. The summed E-state index contributed by atoms with van der Waals surface area (Å²) >= 11 is 0. The first-order valence-electron chi connectivity index (χ1n) is 7.24. The number of benzene rings is 1. The fourth-order valence-electron chi connectivity index (χ4n) is 2.93. The Morgan fingerprint density at radius 3 is 2.71 bits per heavy atom. The molecular weight excluding hydrogens is 270 g/mol. The zero-order chi connectivity index (χ0) is 14.8. The quantitative estimate of drug-likeness (QED) is 0.899. The molecule has 1 N–H and O–H groups in total. The lowest BCUT2D eigenvalue weighted by Crippen LogP contribution is -2.54. The normalized spacial score (nSPS) is 19.4. The average molecular weight is 289 g/mol. The number of carbonyl (C=O) groups excluding carboxylic acids is 2. The molecule has 1 fully saturated rings. The van der Waals surface area contributed by atoms with Crippen LogP contribution in [-0.2, 0) is 16.2 Å². The molecule has 1 aromatic rings. The summed E-state index contributed by atoms with van der Waals surface area (Å²) in [6.45, 7) is 3.68. The Morgan fingerprint density at radius 2 is 2.00 bits per heavy atom. The van der Waals surface area contributed by atoms with Crippen LogP contribution in [0, 0.1) is 0 Å². The van der Waals surface area contributed by atoms with Crippen molar-refractivity contribution in [3.05, 3.63) is 29.8 Å². The number of nitrogens with one attached hydrogen (secondary N) is 1. The predicted molar refractivity (Wildman–Crippen MR) is 77.5 cm³/mol. The molecule has 2 amide bonds. The Bertz CT molecular complexity index is 555. The molecule has 2 aliphatic heterocycles. The summed E-state index contributed by atoms with van der Waals surface area (Å²) in [4.78, 5) is 30.9. The summed E-state index contributed by atoms with van der Waals surface area (Å²) in [6.07, 6.45) is 1.84. The maximum absolute atomic E-state index is 12.7. The number of nitrogens with zero attached hydrogens (tertiary/aromatic N) is 2. The van der Waals surface area contributed by atoms with E-state index in [1.165, 1.54) is 6.92 Å². The SMILES string of the molecule is CC(=O)ON1C(=O)N(C2CCNCC2)Cc2ccccc21. The molecule has 0 atom stereocenters. The zero-order valence-electron chi connectivity index (χ0n) is 12.0. The molecule has 0 unspecified atom stereocenters. The van der Waals surface area contributed by atoms with Gasteiger partial charge in [0.05, 0.1) is 12.2 Å². The summed E-state index contributed by atoms with van der Waals surface area (Å²) in [6, 6.07) is 7.47. The van der Waals surface area contributed by atoms with Crippen molar-refractivity contribution in [1.82, 2.24) is 10.2 Å². The van der Waals surface area contributed by atoms with E-state index < -0.39 is 5.97 Å². The monoisotopic (exact) mass is 289 g/mol. The number of hydroxylamine groups is 1. The highest BCUT2D eigenvalue weighted by atomic mass is 16.7. The number of urea groups is 1. The summed E-state index contributed by atoms with van der Waals surface area (Å²) < 4.78 is 0. The van der Waals surface area contributed by atoms with E-state index in [0.717, 1.165) is 36.6 Å².